The summed E-state index contributed by atoms with van der Waals surface area (Å²) in [7, 11) is 3.50. The number of aromatic nitrogens is 4. The maximum Gasteiger partial charge on any atom is 0.237 e. The molecule has 0 aliphatic rings. The van der Waals surface area contributed by atoms with E-state index in [0.29, 0.717) is 12.4 Å². The van der Waals surface area contributed by atoms with Crippen LogP contribution in [-0.2, 0) is 6.54 Å². The minimum absolute atomic E-state index is 0.00810. The lowest BCUT2D eigenvalue weighted by molar-refractivity contribution is 0.373. The second kappa shape index (κ2) is 5.88. The molecule has 0 radical (unpaired) electrons. The van der Waals surface area contributed by atoms with Crippen LogP contribution < -0.4 is 10.1 Å². The van der Waals surface area contributed by atoms with Gasteiger partial charge in [-0.15, -0.1) is 0 Å². The number of hydrogen-bond acceptors (Lipinski definition) is 5. The predicted octanol–water partition coefficient (Wildman–Crippen LogP) is 1.80. The van der Waals surface area contributed by atoms with Crippen molar-refractivity contribution in [1.29, 1.82) is 0 Å². The molecule has 0 saturated heterocycles. The van der Waals surface area contributed by atoms with Gasteiger partial charge in [0.25, 0.3) is 0 Å². The Balaban J connectivity index is 1.94. The Morgan fingerprint density at radius 1 is 1.19 bits per heavy atom. The lowest BCUT2D eigenvalue weighted by atomic mass is 10.2. The van der Waals surface area contributed by atoms with Gasteiger partial charge in [-0.25, -0.2) is 9.97 Å². The van der Waals surface area contributed by atoms with Crippen molar-refractivity contribution >= 4 is 11.0 Å². The molecule has 108 valence electrons. The maximum absolute atomic E-state index is 5.30. The van der Waals surface area contributed by atoms with E-state index in [1.165, 1.54) is 0 Å². The average Bonchev–Trinajstić information content (AvgIpc) is 2.95. The number of imidazole rings is 1. The Labute approximate surface area is 122 Å². The third-order valence-electron chi connectivity index (χ3n) is 3.47. The Hall–Kier alpha value is -2.47. The maximum atomic E-state index is 5.30. The van der Waals surface area contributed by atoms with E-state index in [4.69, 9.17) is 4.74 Å². The minimum atomic E-state index is -0.00810. The molecule has 1 unspecified atom stereocenters. The smallest absolute Gasteiger partial charge is 0.237 e. The zero-order valence-electron chi connectivity index (χ0n) is 12.0. The molecule has 3 rings (SSSR count). The molecule has 0 aliphatic carbocycles. The van der Waals surface area contributed by atoms with E-state index < -0.39 is 0 Å². The third kappa shape index (κ3) is 2.57. The van der Waals surface area contributed by atoms with Crippen molar-refractivity contribution in [3.63, 3.8) is 0 Å². The molecule has 1 N–H and O–H groups in total. The quantitative estimate of drug-likeness (QED) is 0.773. The molecular formula is C15H17N5O. The Kier molecular flexibility index (Phi) is 3.79. The van der Waals surface area contributed by atoms with E-state index in [-0.39, 0.29) is 6.04 Å². The number of likely N-dealkylation sites (N-methyl/N-ethyl adjacent to an activating group) is 1. The normalized spacial score (nSPS) is 12.5. The van der Waals surface area contributed by atoms with E-state index >= 15 is 0 Å². The van der Waals surface area contributed by atoms with Crippen molar-refractivity contribution in [2.24, 2.45) is 0 Å². The molecule has 6 heteroatoms. The average molecular weight is 283 g/mol. The first-order chi connectivity index (χ1) is 10.3. The molecule has 0 bridgehead atoms. The van der Waals surface area contributed by atoms with E-state index in [1.54, 1.807) is 19.5 Å². The summed E-state index contributed by atoms with van der Waals surface area (Å²) in [6, 6.07) is 8.05. The lowest BCUT2D eigenvalue weighted by Crippen LogP contribution is -2.23. The predicted molar refractivity (Wildman–Crippen MR) is 80.1 cm³/mol. The monoisotopic (exact) mass is 283 g/mol. The lowest BCUT2D eigenvalue weighted by Gasteiger charge is -2.18. The molecule has 1 aromatic carbocycles. The highest BCUT2D eigenvalue weighted by Crippen LogP contribution is 2.22. The summed E-state index contributed by atoms with van der Waals surface area (Å²) in [5.74, 6) is 0.543. The van der Waals surface area contributed by atoms with Crippen LogP contribution in [0.25, 0.3) is 11.0 Å². The molecule has 21 heavy (non-hydrogen) atoms. The van der Waals surface area contributed by atoms with E-state index in [2.05, 4.69) is 30.9 Å². The largest absolute Gasteiger partial charge is 0.480 e. The van der Waals surface area contributed by atoms with Crippen molar-refractivity contribution in [2.75, 3.05) is 14.2 Å². The molecule has 2 heterocycles. The van der Waals surface area contributed by atoms with Crippen molar-refractivity contribution in [2.45, 2.75) is 12.6 Å². The highest BCUT2D eigenvalue weighted by molar-refractivity contribution is 5.74. The van der Waals surface area contributed by atoms with Gasteiger partial charge in [0.1, 0.15) is 5.69 Å². The van der Waals surface area contributed by atoms with Gasteiger partial charge in [0.15, 0.2) is 0 Å². The number of ether oxygens (including phenoxy) is 1. The summed E-state index contributed by atoms with van der Waals surface area (Å²) in [4.78, 5) is 13.0. The first-order valence-electron chi connectivity index (χ1n) is 6.75. The standard InChI is InChI=1S/C15H17N5O/c1-16-12(14-15(21-2)18-8-7-17-14)9-20-10-19-11-5-3-4-6-13(11)20/h3-8,10,12,16H,9H2,1-2H3. The van der Waals surface area contributed by atoms with Crippen LogP contribution in [0, 0.1) is 0 Å². The summed E-state index contributed by atoms with van der Waals surface area (Å²) in [5, 5.41) is 3.26. The molecule has 0 fully saturated rings. The molecule has 2 aromatic heterocycles. The van der Waals surface area contributed by atoms with Crippen LogP contribution in [0.5, 0.6) is 5.88 Å². The van der Waals surface area contributed by atoms with Gasteiger partial charge >= 0.3 is 0 Å². The summed E-state index contributed by atoms with van der Waals surface area (Å²) in [5.41, 5.74) is 2.87. The van der Waals surface area contributed by atoms with E-state index in [0.717, 1.165) is 16.7 Å². The first kappa shape index (κ1) is 13.5. The van der Waals surface area contributed by atoms with Crippen molar-refractivity contribution < 1.29 is 4.74 Å². The van der Waals surface area contributed by atoms with Crippen LogP contribution >= 0.6 is 0 Å². The van der Waals surface area contributed by atoms with Gasteiger partial charge < -0.3 is 14.6 Å². The van der Waals surface area contributed by atoms with E-state index in [1.807, 2.05) is 31.6 Å². The number of methoxy groups -OCH3 is 1. The second-order valence-electron chi connectivity index (χ2n) is 4.68. The summed E-state index contributed by atoms with van der Waals surface area (Å²) >= 11 is 0. The zero-order valence-corrected chi connectivity index (χ0v) is 12.0. The van der Waals surface area contributed by atoms with Crippen molar-refractivity contribution in [3.8, 4) is 5.88 Å². The Morgan fingerprint density at radius 2 is 2.00 bits per heavy atom. The van der Waals surface area contributed by atoms with E-state index in [9.17, 15) is 0 Å². The van der Waals surface area contributed by atoms with Crippen LogP contribution in [0.15, 0.2) is 43.0 Å². The van der Waals surface area contributed by atoms with Gasteiger partial charge in [0.05, 0.1) is 30.5 Å². The summed E-state index contributed by atoms with van der Waals surface area (Å²) in [6.45, 7) is 0.700. The summed E-state index contributed by atoms with van der Waals surface area (Å²) in [6.07, 6.45) is 5.15. The van der Waals surface area contributed by atoms with Gasteiger partial charge in [-0.2, -0.15) is 0 Å². The fourth-order valence-electron chi connectivity index (χ4n) is 2.40. The number of fused-ring (bicyclic) bond motifs is 1. The number of benzene rings is 1. The number of nitrogens with zero attached hydrogens (tertiary/aromatic N) is 4. The number of rotatable bonds is 5. The molecular weight excluding hydrogens is 266 g/mol. The van der Waals surface area contributed by atoms with Crippen molar-refractivity contribution in [3.05, 3.63) is 48.7 Å². The molecule has 0 aliphatic heterocycles. The van der Waals surface area contributed by atoms with Crippen LogP contribution in [0.3, 0.4) is 0 Å². The minimum Gasteiger partial charge on any atom is -0.480 e. The highest BCUT2D eigenvalue weighted by atomic mass is 16.5. The Morgan fingerprint density at radius 3 is 2.81 bits per heavy atom. The fraction of sp³-hybridized carbons (Fsp3) is 0.267. The van der Waals surface area contributed by atoms with Crippen LogP contribution in [0.2, 0.25) is 0 Å². The second-order valence-corrected chi connectivity index (χ2v) is 4.68. The molecule has 3 aromatic rings. The molecule has 0 saturated carbocycles. The van der Waals surface area contributed by atoms with Crippen LogP contribution in [-0.4, -0.2) is 33.7 Å². The number of para-hydroxylation sites is 2. The van der Waals surface area contributed by atoms with Gasteiger partial charge in [-0.1, -0.05) is 12.1 Å². The van der Waals surface area contributed by atoms with Gasteiger partial charge in [0.2, 0.25) is 5.88 Å². The Bertz CT molecular complexity index is 740. The molecule has 1 atom stereocenters. The topological polar surface area (TPSA) is 64.9 Å². The highest BCUT2D eigenvalue weighted by Gasteiger charge is 2.18. The molecule has 0 spiro atoms. The SMILES string of the molecule is CNC(Cn1cnc2ccccc21)c1nccnc1OC. The first-order valence-corrected chi connectivity index (χ1v) is 6.75. The fourth-order valence-corrected chi connectivity index (χ4v) is 2.40. The molecule has 0 amide bonds. The number of nitrogens with one attached hydrogen (secondary N) is 1. The van der Waals surface area contributed by atoms with Crippen LogP contribution in [0.4, 0.5) is 0 Å². The zero-order chi connectivity index (χ0) is 14.7. The number of hydrogen-bond donors (Lipinski definition) is 1. The van der Waals surface area contributed by atoms with Gasteiger partial charge in [0, 0.05) is 18.9 Å². The molecule has 6 nitrogen and oxygen atoms in total. The third-order valence-corrected chi connectivity index (χ3v) is 3.47. The summed E-state index contributed by atoms with van der Waals surface area (Å²) < 4.78 is 7.40. The van der Waals surface area contributed by atoms with Gasteiger partial charge in [-0.05, 0) is 19.2 Å². The van der Waals surface area contributed by atoms with Gasteiger partial charge in [-0.3, -0.25) is 4.98 Å². The van der Waals surface area contributed by atoms with Crippen LogP contribution in [0.1, 0.15) is 11.7 Å². The van der Waals surface area contributed by atoms with Crippen molar-refractivity contribution in [1.82, 2.24) is 24.8 Å².